The molecule has 6 nitrogen and oxygen atoms in total. The summed E-state index contributed by atoms with van der Waals surface area (Å²) in [6, 6.07) is 1.68. The first-order valence-electron chi connectivity index (χ1n) is 8.89. The molecule has 24 heavy (non-hydrogen) atoms. The Hall–Kier alpha value is -1.28. The number of aromatic nitrogens is 2. The summed E-state index contributed by atoms with van der Waals surface area (Å²) in [5.74, 6) is 0.813. The Labute approximate surface area is 146 Å². The van der Waals surface area contributed by atoms with E-state index in [4.69, 9.17) is 0 Å². The molecule has 2 aromatic heterocycles. The molecular formula is C17H25N5OS. The van der Waals surface area contributed by atoms with Crippen LogP contribution in [0.4, 0.5) is 0 Å². The predicted octanol–water partition coefficient (Wildman–Crippen LogP) is 0.873. The van der Waals surface area contributed by atoms with Crippen molar-refractivity contribution in [3.8, 4) is 0 Å². The molecule has 2 saturated heterocycles. The minimum atomic E-state index is 0.0275. The van der Waals surface area contributed by atoms with E-state index in [0.29, 0.717) is 0 Å². The largest absolute Gasteiger partial charge is 0.316 e. The van der Waals surface area contributed by atoms with Gasteiger partial charge in [0, 0.05) is 56.9 Å². The van der Waals surface area contributed by atoms with Crippen LogP contribution < -0.4 is 10.9 Å². The van der Waals surface area contributed by atoms with Gasteiger partial charge < -0.3 is 10.2 Å². The topological polar surface area (TPSA) is 52.9 Å². The second-order valence-corrected chi connectivity index (χ2v) is 7.80. The average molecular weight is 347 g/mol. The fourth-order valence-electron chi connectivity index (χ4n) is 3.77. The standard InChI is InChI=1S/C17H25N5OS/c23-16-10-15(19-17-22(16)8-9-24-17)13-21-6-4-20(5-7-21)12-14-2-1-3-18-11-14/h8-10,14,18H,1-7,11-13H2. The molecule has 0 aromatic carbocycles. The molecule has 0 amide bonds. The zero-order chi connectivity index (χ0) is 16.4. The van der Waals surface area contributed by atoms with Gasteiger partial charge in [-0.25, -0.2) is 4.98 Å². The number of piperidine rings is 1. The summed E-state index contributed by atoms with van der Waals surface area (Å²) < 4.78 is 1.62. The smallest absolute Gasteiger partial charge is 0.258 e. The van der Waals surface area contributed by atoms with Gasteiger partial charge in [-0.2, -0.15) is 0 Å². The lowest BCUT2D eigenvalue weighted by Crippen LogP contribution is -2.48. The summed E-state index contributed by atoms with van der Waals surface area (Å²) in [7, 11) is 0. The van der Waals surface area contributed by atoms with Crippen LogP contribution in [0.25, 0.3) is 4.96 Å². The number of thiazole rings is 1. The highest BCUT2D eigenvalue weighted by Gasteiger charge is 2.21. The second kappa shape index (κ2) is 7.31. The van der Waals surface area contributed by atoms with Crippen molar-refractivity contribution in [3.63, 3.8) is 0 Å². The van der Waals surface area contributed by atoms with Gasteiger partial charge in [0.1, 0.15) is 0 Å². The van der Waals surface area contributed by atoms with Crippen molar-refractivity contribution in [2.75, 3.05) is 45.8 Å². The number of piperazine rings is 1. The molecule has 130 valence electrons. The minimum Gasteiger partial charge on any atom is -0.316 e. The summed E-state index contributed by atoms with van der Waals surface area (Å²) in [5.41, 5.74) is 0.923. The highest BCUT2D eigenvalue weighted by Crippen LogP contribution is 2.14. The first-order chi connectivity index (χ1) is 11.8. The highest BCUT2D eigenvalue weighted by molar-refractivity contribution is 7.15. The van der Waals surface area contributed by atoms with Gasteiger partial charge in [0.2, 0.25) is 0 Å². The van der Waals surface area contributed by atoms with Crippen LogP contribution in [0.15, 0.2) is 22.4 Å². The van der Waals surface area contributed by atoms with Crippen LogP contribution >= 0.6 is 11.3 Å². The molecule has 4 heterocycles. The van der Waals surface area contributed by atoms with E-state index in [1.54, 1.807) is 16.7 Å². The quantitative estimate of drug-likeness (QED) is 0.890. The lowest BCUT2D eigenvalue weighted by molar-refractivity contribution is 0.107. The van der Waals surface area contributed by atoms with Crippen molar-refractivity contribution in [3.05, 3.63) is 33.7 Å². The number of fused-ring (bicyclic) bond motifs is 1. The zero-order valence-electron chi connectivity index (χ0n) is 14.0. The van der Waals surface area contributed by atoms with E-state index in [9.17, 15) is 4.79 Å². The normalized spacial score (nSPS) is 23.8. The highest BCUT2D eigenvalue weighted by atomic mass is 32.1. The molecule has 7 heteroatoms. The van der Waals surface area contributed by atoms with E-state index in [-0.39, 0.29) is 5.56 Å². The molecule has 0 aliphatic carbocycles. The molecule has 0 saturated carbocycles. The summed E-state index contributed by atoms with van der Waals surface area (Å²) in [6.07, 6.45) is 4.47. The Balaban J connectivity index is 1.31. The van der Waals surface area contributed by atoms with Gasteiger partial charge in [0.15, 0.2) is 4.96 Å². The summed E-state index contributed by atoms with van der Waals surface area (Å²) in [6.45, 7) is 8.73. The zero-order valence-corrected chi connectivity index (χ0v) is 14.8. The van der Waals surface area contributed by atoms with Crippen molar-refractivity contribution in [2.45, 2.75) is 19.4 Å². The maximum absolute atomic E-state index is 12.1. The molecule has 2 aromatic rings. The van der Waals surface area contributed by atoms with Gasteiger partial charge >= 0.3 is 0 Å². The Morgan fingerprint density at radius 1 is 1.25 bits per heavy atom. The van der Waals surface area contributed by atoms with Crippen molar-refractivity contribution < 1.29 is 0 Å². The van der Waals surface area contributed by atoms with Crippen molar-refractivity contribution >= 4 is 16.3 Å². The van der Waals surface area contributed by atoms with E-state index in [2.05, 4.69) is 20.1 Å². The Bertz CT molecular complexity index is 728. The third-order valence-corrected chi connectivity index (χ3v) is 5.88. The fraction of sp³-hybridized carbons (Fsp3) is 0.647. The van der Waals surface area contributed by atoms with Crippen LogP contribution in [0.5, 0.6) is 0 Å². The van der Waals surface area contributed by atoms with Gasteiger partial charge in [0.05, 0.1) is 5.69 Å². The summed E-state index contributed by atoms with van der Waals surface area (Å²) >= 11 is 1.52. The lowest BCUT2D eigenvalue weighted by atomic mass is 9.99. The number of hydrogen-bond acceptors (Lipinski definition) is 6. The molecule has 4 rings (SSSR count). The maximum Gasteiger partial charge on any atom is 0.258 e. The summed E-state index contributed by atoms with van der Waals surface area (Å²) in [5, 5.41) is 5.42. The number of rotatable bonds is 4. The molecule has 0 spiro atoms. The van der Waals surface area contributed by atoms with Crippen molar-refractivity contribution in [1.29, 1.82) is 0 Å². The Morgan fingerprint density at radius 2 is 2.08 bits per heavy atom. The SMILES string of the molecule is O=c1cc(CN2CCN(CC3CCCNC3)CC2)nc2sccn12. The molecule has 1 unspecified atom stereocenters. The molecule has 0 radical (unpaired) electrons. The molecule has 0 bridgehead atoms. The molecule has 2 aliphatic heterocycles. The van der Waals surface area contributed by atoms with Gasteiger partial charge in [-0.05, 0) is 31.8 Å². The van der Waals surface area contributed by atoms with Crippen molar-refractivity contribution in [1.82, 2.24) is 24.5 Å². The third kappa shape index (κ3) is 3.69. The van der Waals surface area contributed by atoms with Crippen LogP contribution in [-0.4, -0.2) is 65.0 Å². The number of nitrogens with zero attached hydrogens (tertiary/aromatic N) is 4. The molecular weight excluding hydrogens is 322 g/mol. The molecule has 1 atom stereocenters. The number of nitrogens with one attached hydrogen (secondary N) is 1. The van der Waals surface area contributed by atoms with Crippen LogP contribution in [0, 0.1) is 5.92 Å². The van der Waals surface area contributed by atoms with Crippen LogP contribution in [0.2, 0.25) is 0 Å². The Morgan fingerprint density at radius 3 is 2.88 bits per heavy atom. The van der Waals surface area contributed by atoms with E-state index < -0.39 is 0 Å². The molecule has 2 aliphatic rings. The molecule has 2 fully saturated rings. The average Bonchev–Trinajstić information content (AvgIpc) is 3.07. The fourth-order valence-corrected chi connectivity index (χ4v) is 4.51. The van der Waals surface area contributed by atoms with Gasteiger partial charge in [-0.1, -0.05) is 0 Å². The Kier molecular flexibility index (Phi) is 4.93. The maximum atomic E-state index is 12.1. The van der Waals surface area contributed by atoms with E-state index in [1.165, 1.54) is 43.8 Å². The minimum absolute atomic E-state index is 0.0275. The van der Waals surface area contributed by atoms with E-state index >= 15 is 0 Å². The van der Waals surface area contributed by atoms with Gasteiger partial charge in [0.25, 0.3) is 5.56 Å². The third-order valence-electron chi connectivity index (χ3n) is 5.12. The van der Waals surface area contributed by atoms with E-state index in [0.717, 1.165) is 49.3 Å². The molecule has 1 N–H and O–H groups in total. The lowest BCUT2D eigenvalue weighted by Gasteiger charge is -2.37. The van der Waals surface area contributed by atoms with Gasteiger partial charge in [-0.15, -0.1) is 11.3 Å². The number of hydrogen-bond donors (Lipinski definition) is 1. The first kappa shape index (κ1) is 16.2. The second-order valence-electron chi connectivity index (χ2n) is 6.93. The first-order valence-corrected chi connectivity index (χ1v) is 9.77. The van der Waals surface area contributed by atoms with E-state index in [1.807, 2.05) is 5.38 Å². The van der Waals surface area contributed by atoms with Crippen molar-refractivity contribution in [2.24, 2.45) is 5.92 Å². The monoisotopic (exact) mass is 347 g/mol. The van der Waals surface area contributed by atoms with Crippen LogP contribution in [-0.2, 0) is 6.54 Å². The predicted molar refractivity (Wildman–Crippen MR) is 96.6 cm³/mol. The van der Waals surface area contributed by atoms with Crippen LogP contribution in [0.1, 0.15) is 18.5 Å². The van der Waals surface area contributed by atoms with Gasteiger partial charge in [-0.3, -0.25) is 14.1 Å². The van der Waals surface area contributed by atoms with Crippen LogP contribution in [0.3, 0.4) is 0 Å². The summed E-state index contributed by atoms with van der Waals surface area (Å²) in [4.78, 5) is 22.5.